The van der Waals surface area contributed by atoms with Crippen molar-refractivity contribution in [2.45, 2.75) is 36.7 Å². The highest BCUT2D eigenvalue weighted by molar-refractivity contribution is 7.96. The van der Waals surface area contributed by atoms with Crippen LogP contribution in [-0.2, 0) is 13.8 Å². The molecule has 0 aliphatic carbocycles. The molecule has 10 heteroatoms. The van der Waals surface area contributed by atoms with Gasteiger partial charge in [-0.1, -0.05) is 17.7 Å². The Morgan fingerprint density at radius 2 is 2.31 bits per heavy atom. The SMILES string of the molecule is C=CC(NC(=O)COc1ccc(Cl)c(F)c1)C(O)CCNC(=O)C1CCCOS1. The van der Waals surface area contributed by atoms with Crippen LogP contribution in [0.5, 0.6) is 5.75 Å². The fourth-order valence-electron chi connectivity index (χ4n) is 2.57. The molecule has 2 rings (SSSR count). The summed E-state index contributed by atoms with van der Waals surface area (Å²) in [7, 11) is 0. The largest absolute Gasteiger partial charge is 0.484 e. The predicted molar refractivity (Wildman–Crippen MR) is 109 cm³/mol. The third-order valence-corrected chi connectivity index (χ3v) is 5.46. The lowest BCUT2D eigenvalue weighted by molar-refractivity contribution is -0.124. The molecular formula is C19H24ClFN2O5S. The Labute approximate surface area is 178 Å². The highest BCUT2D eigenvalue weighted by Crippen LogP contribution is 2.23. The molecule has 0 aromatic heterocycles. The van der Waals surface area contributed by atoms with Crippen molar-refractivity contribution in [1.82, 2.24) is 10.6 Å². The van der Waals surface area contributed by atoms with Crippen molar-refractivity contribution in [3.05, 3.63) is 41.7 Å². The van der Waals surface area contributed by atoms with Crippen molar-refractivity contribution in [3.63, 3.8) is 0 Å². The number of amides is 2. The molecule has 1 heterocycles. The molecule has 0 bridgehead atoms. The Bertz CT molecular complexity index is 718. The lowest BCUT2D eigenvalue weighted by atomic mass is 10.1. The second kappa shape index (κ2) is 12.0. The fourth-order valence-corrected chi connectivity index (χ4v) is 3.50. The minimum Gasteiger partial charge on any atom is -0.484 e. The maximum atomic E-state index is 13.4. The monoisotopic (exact) mass is 446 g/mol. The van der Waals surface area contributed by atoms with E-state index in [-0.39, 0.29) is 41.5 Å². The zero-order valence-electron chi connectivity index (χ0n) is 15.7. The summed E-state index contributed by atoms with van der Waals surface area (Å²) in [5, 5.41) is 15.3. The Morgan fingerprint density at radius 3 is 2.97 bits per heavy atom. The summed E-state index contributed by atoms with van der Waals surface area (Å²) < 4.78 is 23.8. The van der Waals surface area contributed by atoms with Crippen molar-refractivity contribution < 1.29 is 28.0 Å². The number of rotatable bonds is 10. The Hall–Kier alpha value is -1.81. The molecule has 1 aliphatic heterocycles. The number of ether oxygens (including phenoxy) is 1. The number of aliphatic hydroxyl groups is 1. The van der Waals surface area contributed by atoms with Crippen molar-refractivity contribution in [2.75, 3.05) is 19.8 Å². The fraction of sp³-hybridized carbons (Fsp3) is 0.474. The first-order valence-electron chi connectivity index (χ1n) is 9.14. The van der Waals surface area contributed by atoms with Gasteiger partial charge in [-0.3, -0.25) is 9.59 Å². The maximum absolute atomic E-state index is 13.4. The van der Waals surface area contributed by atoms with Gasteiger partial charge in [0.2, 0.25) is 5.91 Å². The molecule has 1 aliphatic rings. The molecule has 2 amide bonds. The van der Waals surface area contributed by atoms with E-state index >= 15 is 0 Å². The zero-order chi connectivity index (χ0) is 21.2. The van der Waals surface area contributed by atoms with Gasteiger partial charge in [-0.2, -0.15) is 0 Å². The molecule has 29 heavy (non-hydrogen) atoms. The molecule has 0 saturated carbocycles. The van der Waals surface area contributed by atoms with Gasteiger partial charge in [-0.05, 0) is 31.4 Å². The molecule has 160 valence electrons. The van der Waals surface area contributed by atoms with Gasteiger partial charge in [0.15, 0.2) is 6.61 Å². The van der Waals surface area contributed by atoms with Gasteiger partial charge in [0.25, 0.3) is 5.91 Å². The second-order valence-corrected chi connectivity index (χ2v) is 7.79. The molecule has 7 nitrogen and oxygen atoms in total. The number of hydrogen-bond donors (Lipinski definition) is 3. The second-order valence-electron chi connectivity index (χ2n) is 6.39. The van der Waals surface area contributed by atoms with Gasteiger partial charge in [-0.25, -0.2) is 4.39 Å². The minimum atomic E-state index is -0.944. The van der Waals surface area contributed by atoms with Crippen LogP contribution < -0.4 is 15.4 Å². The Kier molecular flexibility index (Phi) is 9.72. The zero-order valence-corrected chi connectivity index (χ0v) is 17.3. The van der Waals surface area contributed by atoms with Crippen LogP contribution in [0.25, 0.3) is 0 Å². The highest BCUT2D eigenvalue weighted by atomic mass is 35.5. The van der Waals surface area contributed by atoms with Crippen molar-refractivity contribution in [1.29, 1.82) is 0 Å². The van der Waals surface area contributed by atoms with Gasteiger partial charge in [0.05, 0.1) is 23.8 Å². The van der Waals surface area contributed by atoms with Crippen LogP contribution in [0, 0.1) is 5.82 Å². The summed E-state index contributed by atoms with van der Waals surface area (Å²) >= 11 is 6.75. The molecule has 1 aromatic rings. The van der Waals surface area contributed by atoms with E-state index in [1.165, 1.54) is 18.2 Å². The van der Waals surface area contributed by atoms with Crippen molar-refractivity contribution in [2.24, 2.45) is 0 Å². The summed E-state index contributed by atoms with van der Waals surface area (Å²) in [6.07, 6.45) is 2.27. The number of benzene rings is 1. The van der Waals surface area contributed by atoms with Gasteiger partial charge < -0.3 is 24.7 Å². The Balaban J connectivity index is 1.71. The lowest BCUT2D eigenvalue weighted by Gasteiger charge is -2.23. The topological polar surface area (TPSA) is 96.9 Å². The lowest BCUT2D eigenvalue weighted by Crippen LogP contribution is -2.45. The van der Waals surface area contributed by atoms with E-state index in [2.05, 4.69) is 17.2 Å². The summed E-state index contributed by atoms with van der Waals surface area (Å²) in [5.74, 6) is -1.14. The number of nitrogens with one attached hydrogen (secondary N) is 2. The van der Waals surface area contributed by atoms with Crippen LogP contribution in [0.4, 0.5) is 4.39 Å². The van der Waals surface area contributed by atoms with Crippen LogP contribution in [0.15, 0.2) is 30.9 Å². The van der Waals surface area contributed by atoms with Crippen LogP contribution in [0.1, 0.15) is 19.3 Å². The summed E-state index contributed by atoms with van der Waals surface area (Å²) in [6.45, 7) is 4.13. The number of carbonyl (C=O) groups excluding carboxylic acids is 2. The molecule has 0 radical (unpaired) electrons. The smallest absolute Gasteiger partial charge is 0.258 e. The normalized spacial score (nSPS) is 18.4. The van der Waals surface area contributed by atoms with Crippen LogP contribution in [-0.4, -0.2) is 54.1 Å². The molecule has 1 saturated heterocycles. The van der Waals surface area contributed by atoms with Gasteiger partial charge >= 0.3 is 0 Å². The number of aliphatic hydroxyl groups excluding tert-OH is 1. The first-order chi connectivity index (χ1) is 13.9. The number of carbonyl (C=O) groups is 2. The summed E-state index contributed by atoms with van der Waals surface area (Å²) in [4.78, 5) is 24.1. The van der Waals surface area contributed by atoms with E-state index in [0.717, 1.165) is 31.0 Å². The first kappa shape index (κ1) is 23.5. The van der Waals surface area contributed by atoms with Crippen molar-refractivity contribution in [3.8, 4) is 5.75 Å². The molecule has 3 N–H and O–H groups in total. The molecule has 1 aromatic carbocycles. The van der Waals surface area contributed by atoms with Gasteiger partial charge in [0.1, 0.15) is 16.8 Å². The molecule has 0 spiro atoms. The van der Waals surface area contributed by atoms with E-state index in [4.69, 9.17) is 20.5 Å². The van der Waals surface area contributed by atoms with Crippen molar-refractivity contribution >= 4 is 35.5 Å². The Morgan fingerprint density at radius 1 is 1.52 bits per heavy atom. The third-order valence-electron chi connectivity index (χ3n) is 4.17. The molecule has 1 fully saturated rings. The number of halogens is 2. The van der Waals surface area contributed by atoms with E-state index in [1.54, 1.807) is 0 Å². The first-order valence-corrected chi connectivity index (χ1v) is 10.3. The molecule has 3 atom stereocenters. The highest BCUT2D eigenvalue weighted by Gasteiger charge is 2.24. The average Bonchev–Trinajstić information content (AvgIpc) is 2.73. The van der Waals surface area contributed by atoms with E-state index < -0.39 is 23.9 Å². The van der Waals surface area contributed by atoms with Crippen LogP contribution in [0.2, 0.25) is 5.02 Å². The minimum absolute atomic E-state index is 0.0432. The molecular weight excluding hydrogens is 423 g/mol. The van der Waals surface area contributed by atoms with E-state index in [1.807, 2.05) is 0 Å². The van der Waals surface area contributed by atoms with E-state index in [9.17, 15) is 19.1 Å². The maximum Gasteiger partial charge on any atom is 0.258 e. The summed E-state index contributed by atoms with van der Waals surface area (Å²) in [5.41, 5.74) is 0. The standard InChI is InChI=1S/C19H24ClFN2O5S/c1-2-15(16(24)7-8-22-19(26)17-4-3-9-28-29-17)23-18(25)11-27-12-5-6-13(20)14(21)10-12/h2,5-6,10,15-17,24H,1,3-4,7-9,11H2,(H,22,26)(H,23,25). The van der Waals surface area contributed by atoms with Gasteiger partial charge in [-0.15, -0.1) is 6.58 Å². The quantitative estimate of drug-likeness (QED) is 0.376. The predicted octanol–water partition coefficient (Wildman–Crippen LogP) is 2.22. The van der Waals surface area contributed by atoms with E-state index in [0.29, 0.717) is 6.61 Å². The van der Waals surface area contributed by atoms with Crippen LogP contribution in [0.3, 0.4) is 0 Å². The molecule has 3 unspecified atom stereocenters. The number of hydrogen-bond acceptors (Lipinski definition) is 6. The summed E-state index contributed by atoms with van der Waals surface area (Å²) in [6, 6.07) is 3.12. The van der Waals surface area contributed by atoms with Crippen LogP contribution >= 0.6 is 23.6 Å². The van der Waals surface area contributed by atoms with Gasteiger partial charge in [0, 0.05) is 24.7 Å². The third kappa shape index (κ3) is 7.85. The average molecular weight is 447 g/mol.